The lowest BCUT2D eigenvalue weighted by atomic mass is 10.1. The minimum Gasteiger partial charge on any atom is -0.480 e. The van der Waals surface area contributed by atoms with Crippen LogP contribution >= 0.6 is 0 Å². The number of rotatable bonds is 2. The number of aromatic amines is 1. The molecule has 3 rings (SSSR count). The third-order valence-corrected chi connectivity index (χ3v) is 2.64. The average molecular weight is 241 g/mol. The van der Waals surface area contributed by atoms with Crippen LogP contribution in [0.1, 0.15) is 0 Å². The number of nitrogens with two attached hydrogens (primary N) is 1. The van der Waals surface area contributed by atoms with E-state index in [1.54, 1.807) is 19.4 Å². The zero-order valence-electron chi connectivity index (χ0n) is 9.71. The van der Waals surface area contributed by atoms with Crippen molar-refractivity contribution < 1.29 is 4.74 Å². The predicted molar refractivity (Wildman–Crippen MR) is 68.1 cm³/mol. The molecule has 3 aromatic rings. The van der Waals surface area contributed by atoms with E-state index in [0.29, 0.717) is 11.7 Å². The molecule has 0 bridgehead atoms. The SMILES string of the molecule is COc1cnc2cc(-c3cc(N)n[nH]3)ccc2n1. The normalized spacial score (nSPS) is 10.7. The van der Waals surface area contributed by atoms with Gasteiger partial charge in [0, 0.05) is 11.6 Å². The third kappa shape index (κ3) is 1.73. The minimum atomic E-state index is 0.464. The van der Waals surface area contributed by atoms with Crippen molar-refractivity contribution in [1.29, 1.82) is 0 Å². The van der Waals surface area contributed by atoms with Crippen molar-refractivity contribution in [3.63, 3.8) is 0 Å². The lowest BCUT2D eigenvalue weighted by molar-refractivity contribution is 0.397. The van der Waals surface area contributed by atoms with Gasteiger partial charge in [0.25, 0.3) is 0 Å². The molecule has 18 heavy (non-hydrogen) atoms. The van der Waals surface area contributed by atoms with Crippen molar-refractivity contribution in [1.82, 2.24) is 20.2 Å². The molecule has 3 N–H and O–H groups in total. The second-order valence-electron chi connectivity index (χ2n) is 3.82. The van der Waals surface area contributed by atoms with E-state index in [1.165, 1.54) is 0 Å². The molecular formula is C12H11N5O. The number of benzene rings is 1. The topological polar surface area (TPSA) is 89.7 Å². The number of anilines is 1. The standard InChI is InChI=1S/C12H11N5O/c1-18-12-6-14-10-4-7(2-3-8(10)15-12)9-5-11(13)17-16-9/h2-6H,1H3,(H3,13,16,17). The highest BCUT2D eigenvalue weighted by molar-refractivity contribution is 5.80. The van der Waals surface area contributed by atoms with E-state index in [1.807, 2.05) is 18.2 Å². The summed E-state index contributed by atoms with van der Waals surface area (Å²) >= 11 is 0. The molecule has 0 saturated carbocycles. The number of ether oxygens (including phenoxy) is 1. The van der Waals surface area contributed by atoms with Crippen LogP contribution in [0, 0.1) is 0 Å². The number of H-pyrrole nitrogens is 1. The summed E-state index contributed by atoms with van der Waals surface area (Å²) in [6.07, 6.45) is 1.59. The van der Waals surface area contributed by atoms with Gasteiger partial charge in [-0.15, -0.1) is 0 Å². The second-order valence-corrected chi connectivity index (χ2v) is 3.82. The van der Waals surface area contributed by atoms with Crippen LogP contribution in [0.5, 0.6) is 5.88 Å². The molecule has 6 nitrogen and oxygen atoms in total. The van der Waals surface area contributed by atoms with E-state index in [-0.39, 0.29) is 0 Å². The molecule has 0 amide bonds. The first-order chi connectivity index (χ1) is 8.76. The Morgan fingerprint density at radius 2 is 2.11 bits per heavy atom. The highest BCUT2D eigenvalue weighted by atomic mass is 16.5. The maximum absolute atomic E-state index is 5.58. The predicted octanol–water partition coefficient (Wildman–Crippen LogP) is 1.61. The number of nitrogens with zero attached hydrogens (tertiary/aromatic N) is 3. The number of nitrogen functional groups attached to an aromatic ring is 1. The van der Waals surface area contributed by atoms with Gasteiger partial charge in [-0.25, -0.2) is 9.97 Å². The number of hydrogen-bond donors (Lipinski definition) is 2. The fraction of sp³-hybridized carbons (Fsp3) is 0.0833. The average Bonchev–Trinajstić information content (AvgIpc) is 2.84. The lowest BCUT2D eigenvalue weighted by Gasteiger charge is -2.02. The van der Waals surface area contributed by atoms with Crippen molar-refractivity contribution >= 4 is 16.9 Å². The van der Waals surface area contributed by atoms with Crippen molar-refractivity contribution in [3.8, 4) is 17.1 Å². The molecule has 2 aromatic heterocycles. The Balaban J connectivity index is 2.11. The Hall–Kier alpha value is -2.63. The van der Waals surface area contributed by atoms with Crippen LogP contribution in [0.4, 0.5) is 5.82 Å². The van der Waals surface area contributed by atoms with Gasteiger partial charge in [0.1, 0.15) is 5.82 Å². The second kappa shape index (κ2) is 3.99. The van der Waals surface area contributed by atoms with Gasteiger partial charge in [0.05, 0.1) is 30.0 Å². The van der Waals surface area contributed by atoms with Gasteiger partial charge in [-0.3, -0.25) is 5.10 Å². The van der Waals surface area contributed by atoms with Gasteiger partial charge in [-0.1, -0.05) is 6.07 Å². The van der Waals surface area contributed by atoms with Crippen molar-refractivity contribution in [2.75, 3.05) is 12.8 Å². The summed E-state index contributed by atoms with van der Waals surface area (Å²) in [6, 6.07) is 7.52. The first-order valence-corrected chi connectivity index (χ1v) is 5.38. The molecule has 6 heteroatoms. The van der Waals surface area contributed by atoms with Crippen LogP contribution in [-0.2, 0) is 0 Å². The van der Waals surface area contributed by atoms with E-state index in [2.05, 4.69) is 20.2 Å². The van der Waals surface area contributed by atoms with Gasteiger partial charge in [0.15, 0.2) is 0 Å². The monoisotopic (exact) mass is 241 g/mol. The maximum Gasteiger partial charge on any atom is 0.232 e. The van der Waals surface area contributed by atoms with Crippen molar-refractivity contribution in [3.05, 3.63) is 30.5 Å². The number of nitrogens with one attached hydrogen (secondary N) is 1. The summed E-state index contributed by atoms with van der Waals surface area (Å²) in [6.45, 7) is 0. The van der Waals surface area contributed by atoms with Crippen LogP contribution in [0.3, 0.4) is 0 Å². The number of aromatic nitrogens is 4. The smallest absolute Gasteiger partial charge is 0.232 e. The number of methoxy groups -OCH3 is 1. The largest absolute Gasteiger partial charge is 0.480 e. The molecule has 0 spiro atoms. The molecule has 2 heterocycles. The van der Waals surface area contributed by atoms with Gasteiger partial charge >= 0.3 is 0 Å². The molecule has 0 radical (unpaired) electrons. The molecule has 1 aromatic carbocycles. The van der Waals surface area contributed by atoms with Gasteiger partial charge in [-0.2, -0.15) is 5.10 Å². The summed E-state index contributed by atoms with van der Waals surface area (Å²) < 4.78 is 5.03. The first kappa shape index (κ1) is 10.5. The number of fused-ring (bicyclic) bond motifs is 1. The Kier molecular flexibility index (Phi) is 2.33. The van der Waals surface area contributed by atoms with Crippen LogP contribution < -0.4 is 10.5 Å². The van der Waals surface area contributed by atoms with E-state index in [0.717, 1.165) is 22.3 Å². The fourth-order valence-corrected chi connectivity index (χ4v) is 1.74. The van der Waals surface area contributed by atoms with E-state index in [4.69, 9.17) is 10.5 Å². The molecule has 0 aliphatic rings. The quantitative estimate of drug-likeness (QED) is 0.711. The number of hydrogen-bond acceptors (Lipinski definition) is 5. The van der Waals surface area contributed by atoms with Crippen LogP contribution in [-0.4, -0.2) is 27.3 Å². The summed E-state index contributed by atoms with van der Waals surface area (Å²) in [7, 11) is 1.57. The minimum absolute atomic E-state index is 0.464. The molecular weight excluding hydrogens is 230 g/mol. The Morgan fingerprint density at radius 1 is 1.22 bits per heavy atom. The summed E-state index contributed by atoms with van der Waals surface area (Å²) in [5.41, 5.74) is 8.97. The van der Waals surface area contributed by atoms with Crippen molar-refractivity contribution in [2.45, 2.75) is 0 Å². The Labute approximate surface area is 103 Å². The molecule has 0 aliphatic carbocycles. The van der Waals surface area contributed by atoms with Gasteiger partial charge in [0.2, 0.25) is 5.88 Å². The van der Waals surface area contributed by atoms with E-state index < -0.39 is 0 Å². The zero-order valence-corrected chi connectivity index (χ0v) is 9.71. The van der Waals surface area contributed by atoms with Crippen LogP contribution in [0.15, 0.2) is 30.5 Å². The molecule has 0 fully saturated rings. The Morgan fingerprint density at radius 3 is 2.83 bits per heavy atom. The summed E-state index contributed by atoms with van der Waals surface area (Å²) in [5, 5.41) is 6.76. The molecule has 0 aliphatic heterocycles. The Bertz CT molecular complexity index is 707. The van der Waals surface area contributed by atoms with Gasteiger partial charge < -0.3 is 10.5 Å². The fourth-order valence-electron chi connectivity index (χ4n) is 1.74. The highest BCUT2D eigenvalue weighted by Gasteiger charge is 2.05. The molecule has 0 unspecified atom stereocenters. The van der Waals surface area contributed by atoms with Crippen LogP contribution in [0.2, 0.25) is 0 Å². The molecule has 0 atom stereocenters. The summed E-state index contributed by atoms with van der Waals surface area (Å²) in [5.74, 6) is 0.965. The highest BCUT2D eigenvalue weighted by Crippen LogP contribution is 2.23. The molecule has 90 valence electrons. The zero-order chi connectivity index (χ0) is 12.5. The van der Waals surface area contributed by atoms with Gasteiger partial charge in [-0.05, 0) is 12.1 Å². The van der Waals surface area contributed by atoms with Crippen LogP contribution in [0.25, 0.3) is 22.3 Å². The first-order valence-electron chi connectivity index (χ1n) is 5.38. The lowest BCUT2D eigenvalue weighted by Crippen LogP contribution is -1.90. The maximum atomic E-state index is 5.58. The van der Waals surface area contributed by atoms with E-state index in [9.17, 15) is 0 Å². The summed E-state index contributed by atoms with van der Waals surface area (Å²) in [4.78, 5) is 8.59. The molecule has 0 saturated heterocycles. The van der Waals surface area contributed by atoms with E-state index >= 15 is 0 Å². The third-order valence-electron chi connectivity index (χ3n) is 2.64. The van der Waals surface area contributed by atoms with Crippen molar-refractivity contribution in [2.24, 2.45) is 0 Å².